The second kappa shape index (κ2) is 7.69. The third-order valence-electron chi connectivity index (χ3n) is 4.98. The minimum atomic E-state index is -3.79. The minimum absolute atomic E-state index is 0.125. The van der Waals surface area contributed by atoms with Crippen LogP contribution in [-0.4, -0.2) is 47.3 Å². The fraction of sp³-hybridized carbons (Fsp3) is 0.316. The summed E-state index contributed by atoms with van der Waals surface area (Å²) in [5.74, 6) is -0.992. The van der Waals surface area contributed by atoms with Gasteiger partial charge in [0.25, 0.3) is 5.91 Å². The van der Waals surface area contributed by atoms with Crippen molar-refractivity contribution in [3.8, 4) is 11.1 Å². The van der Waals surface area contributed by atoms with Crippen molar-refractivity contribution in [1.29, 1.82) is 0 Å². The minimum Gasteiger partial charge on any atom is -0.392 e. The Labute approximate surface area is 163 Å². The van der Waals surface area contributed by atoms with Crippen LogP contribution in [0.25, 0.3) is 11.1 Å². The highest BCUT2D eigenvalue weighted by Gasteiger charge is 2.47. The third kappa shape index (κ3) is 3.90. The molecular formula is C19H21N3O5S. The van der Waals surface area contributed by atoms with Crippen LogP contribution < -0.4 is 5.48 Å². The molecule has 2 atom stereocenters. The van der Waals surface area contributed by atoms with E-state index in [1.807, 2.05) is 36.4 Å². The lowest BCUT2D eigenvalue weighted by Crippen LogP contribution is -2.51. The van der Waals surface area contributed by atoms with Gasteiger partial charge in [0, 0.05) is 31.5 Å². The number of benzene rings is 1. The normalized spacial score (nSPS) is 18.7. The second-order valence-corrected chi connectivity index (χ2v) is 9.38. The van der Waals surface area contributed by atoms with Crippen LogP contribution in [-0.2, 0) is 19.5 Å². The highest BCUT2D eigenvalue weighted by molar-refractivity contribution is 7.92. The molecule has 0 aliphatic carbocycles. The monoisotopic (exact) mass is 403 g/mol. The van der Waals surface area contributed by atoms with Crippen molar-refractivity contribution in [2.24, 2.45) is 5.16 Å². The maximum absolute atomic E-state index is 12.1. The highest BCUT2D eigenvalue weighted by Crippen LogP contribution is 2.30. The topological polar surface area (TPSA) is 118 Å². The van der Waals surface area contributed by atoms with Crippen LogP contribution >= 0.6 is 0 Å². The molecule has 9 heteroatoms. The van der Waals surface area contributed by atoms with Gasteiger partial charge in [0.05, 0.1) is 5.71 Å². The fourth-order valence-electron chi connectivity index (χ4n) is 3.07. The molecule has 0 bridgehead atoms. The van der Waals surface area contributed by atoms with E-state index in [0.717, 1.165) is 22.9 Å². The maximum atomic E-state index is 12.1. The average Bonchev–Trinajstić information content (AvgIpc) is 3.15. The molecule has 2 heterocycles. The number of hydroxylamine groups is 1. The molecule has 0 fully saturated rings. The van der Waals surface area contributed by atoms with Crippen molar-refractivity contribution >= 4 is 21.5 Å². The first-order valence-electron chi connectivity index (χ1n) is 8.62. The number of nitrogens with zero attached hydrogens (tertiary/aromatic N) is 2. The van der Waals surface area contributed by atoms with Crippen molar-refractivity contribution in [3.63, 3.8) is 0 Å². The van der Waals surface area contributed by atoms with E-state index in [1.54, 1.807) is 12.4 Å². The molecule has 0 spiro atoms. The van der Waals surface area contributed by atoms with E-state index < -0.39 is 26.6 Å². The zero-order chi connectivity index (χ0) is 20.4. The lowest BCUT2D eigenvalue weighted by atomic mass is 9.96. The Morgan fingerprint density at radius 1 is 1.18 bits per heavy atom. The van der Waals surface area contributed by atoms with Crippen LogP contribution in [0.4, 0.5) is 0 Å². The summed E-state index contributed by atoms with van der Waals surface area (Å²) < 4.78 is 22.4. The van der Waals surface area contributed by atoms with Gasteiger partial charge < -0.3 is 4.84 Å². The van der Waals surface area contributed by atoms with E-state index in [2.05, 4.69) is 10.1 Å². The molecule has 148 valence electrons. The molecule has 0 saturated heterocycles. The maximum Gasteiger partial charge on any atom is 0.264 e. The van der Waals surface area contributed by atoms with E-state index in [-0.39, 0.29) is 6.42 Å². The standard InChI is InChI=1S/C19H21N3O5S/c1-19(18(23)21-24,28(2,25)26)12-16-11-17(22-27-16)15-5-3-13(4-6-15)14-7-9-20-10-8-14/h3-10,16,24H,11-12H2,1-2H3,(H,21,23)/t16-,19-/m1/s1. The zero-order valence-electron chi connectivity index (χ0n) is 15.5. The zero-order valence-corrected chi connectivity index (χ0v) is 16.3. The molecule has 1 amide bonds. The van der Waals surface area contributed by atoms with Crippen LogP contribution in [0.5, 0.6) is 0 Å². The highest BCUT2D eigenvalue weighted by atomic mass is 32.2. The average molecular weight is 403 g/mol. The van der Waals surface area contributed by atoms with Crippen LogP contribution in [0.2, 0.25) is 0 Å². The van der Waals surface area contributed by atoms with Crippen molar-refractivity contribution in [2.75, 3.05) is 6.26 Å². The summed E-state index contributed by atoms with van der Waals surface area (Å²) in [6.45, 7) is 1.26. The summed E-state index contributed by atoms with van der Waals surface area (Å²) in [5, 5.41) is 13.0. The molecule has 1 aliphatic rings. The van der Waals surface area contributed by atoms with Gasteiger partial charge in [0.1, 0.15) is 6.10 Å². The summed E-state index contributed by atoms with van der Waals surface area (Å²) >= 11 is 0. The summed E-state index contributed by atoms with van der Waals surface area (Å²) in [6, 6.07) is 11.6. The Balaban J connectivity index is 1.72. The number of carbonyl (C=O) groups excluding carboxylic acids is 1. The molecule has 0 unspecified atom stereocenters. The van der Waals surface area contributed by atoms with Crippen molar-refractivity contribution in [3.05, 3.63) is 54.4 Å². The van der Waals surface area contributed by atoms with Gasteiger partial charge in [-0.3, -0.25) is 15.0 Å². The van der Waals surface area contributed by atoms with Gasteiger partial charge in [-0.2, -0.15) is 0 Å². The second-order valence-electron chi connectivity index (χ2n) is 6.93. The number of rotatable bonds is 6. The van der Waals surface area contributed by atoms with Crippen LogP contribution in [0, 0.1) is 0 Å². The largest absolute Gasteiger partial charge is 0.392 e. The number of oxime groups is 1. The first kappa shape index (κ1) is 20.0. The molecule has 2 N–H and O–H groups in total. The summed E-state index contributed by atoms with van der Waals surface area (Å²) in [7, 11) is -3.79. The quantitative estimate of drug-likeness (QED) is 0.562. The van der Waals surface area contributed by atoms with Crippen LogP contribution in [0.3, 0.4) is 0 Å². The number of carbonyl (C=O) groups is 1. The Hall–Kier alpha value is -2.78. The van der Waals surface area contributed by atoms with Crippen molar-refractivity contribution in [1.82, 2.24) is 10.5 Å². The molecule has 2 aromatic rings. The van der Waals surface area contributed by atoms with Crippen molar-refractivity contribution in [2.45, 2.75) is 30.6 Å². The number of pyridine rings is 1. The van der Waals surface area contributed by atoms with Crippen LogP contribution in [0.15, 0.2) is 53.9 Å². The molecule has 0 radical (unpaired) electrons. The van der Waals surface area contributed by atoms with Gasteiger partial charge in [0.15, 0.2) is 14.6 Å². The fourth-order valence-corrected chi connectivity index (χ4v) is 3.94. The van der Waals surface area contributed by atoms with E-state index in [9.17, 15) is 13.2 Å². The molecule has 28 heavy (non-hydrogen) atoms. The molecule has 3 rings (SSSR count). The molecule has 1 aromatic carbocycles. The number of aromatic nitrogens is 1. The van der Waals surface area contributed by atoms with E-state index in [1.165, 1.54) is 12.4 Å². The van der Waals surface area contributed by atoms with Crippen LogP contribution in [0.1, 0.15) is 25.3 Å². The summed E-state index contributed by atoms with van der Waals surface area (Å²) in [4.78, 5) is 21.3. The third-order valence-corrected chi connectivity index (χ3v) is 6.97. The van der Waals surface area contributed by atoms with Gasteiger partial charge in [-0.15, -0.1) is 0 Å². The Morgan fingerprint density at radius 2 is 1.75 bits per heavy atom. The predicted molar refractivity (Wildman–Crippen MR) is 103 cm³/mol. The Bertz CT molecular complexity index is 990. The number of hydrogen-bond acceptors (Lipinski definition) is 7. The van der Waals surface area contributed by atoms with E-state index >= 15 is 0 Å². The molecule has 0 saturated carbocycles. The van der Waals surface area contributed by atoms with E-state index in [0.29, 0.717) is 12.1 Å². The number of hydrogen-bond donors (Lipinski definition) is 2. The lowest BCUT2D eigenvalue weighted by Gasteiger charge is -2.26. The number of amides is 1. The van der Waals surface area contributed by atoms with Crippen molar-refractivity contribution < 1.29 is 23.3 Å². The van der Waals surface area contributed by atoms with Gasteiger partial charge in [-0.25, -0.2) is 13.9 Å². The molecule has 1 aliphatic heterocycles. The SMILES string of the molecule is C[C@@](C[C@H]1CC(c2ccc(-c3ccncc3)cc2)=NO1)(C(=O)NO)S(C)(=O)=O. The predicted octanol–water partition coefficient (Wildman–Crippen LogP) is 1.94. The first-order chi connectivity index (χ1) is 13.2. The Kier molecular flexibility index (Phi) is 5.48. The number of sulfone groups is 1. The first-order valence-corrected chi connectivity index (χ1v) is 10.5. The van der Waals surface area contributed by atoms with Gasteiger partial charge in [-0.1, -0.05) is 29.4 Å². The summed E-state index contributed by atoms with van der Waals surface area (Å²) in [6.07, 6.45) is 4.05. The van der Waals surface area contributed by atoms with E-state index in [4.69, 9.17) is 10.0 Å². The molecule has 1 aromatic heterocycles. The van der Waals surface area contributed by atoms with Gasteiger partial charge in [0.2, 0.25) is 0 Å². The van der Waals surface area contributed by atoms with Gasteiger partial charge in [-0.05, 0) is 35.7 Å². The smallest absolute Gasteiger partial charge is 0.264 e. The number of nitrogens with one attached hydrogen (secondary N) is 1. The van der Waals surface area contributed by atoms with Gasteiger partial charge >= 0.3 is 0 Å². The molecular weight excluding hydrogens is 382 g/mol. The molecule has 8 nitrogen and oxygen atoms in total. The summed E-state index contributed by atoms with van der Waals surface area (Å²) in [5.41, 5.74) is 5.04. The Morgan fingerprint density at radius 3 is 2.32 bits per heavy atom. The lowest BCUT2D eigenvalue weighted by molar-refractivity contribution is -0.132.